The monoisotopic (exact) mass is 668 g/mol. The fourth-order valence-electron chi connectivity index (χ4n) is 12.2. The highest BCUT2D eigenvalue weighted by molar-refractivity contribution is 5.64. The molecule has 2 aromatic rings. The summed E-state index contributed by atoms with van der Waals surface area (Å²) in [5.41, 5.74) is 4.57. The average Bonchev–Trinajstić information content (AvgIpc) is 4.02. The van der Waals surface area contributed by atoms with Gasteiger partial charge in [0.15, 0.2) is 23.0 Å². The maximum absolute atomic E-state index is 13.8. The second kappa shape index (κ2) is 10.4. The van der Waals surface area contributed by atoms with Gasteiger partial charge in [-0.05, 0) is 131 Å². The molecule has 2 unspecified atom stereocenters. The van der Waals surface area contributed by atoms with Gasteiger partial charge in [0.05, 0.1) is 0 Å². The molecule has 2 bridgehead atoms. The van der Waals surface area contributed by atoms with Crippen LogP contribution < -0.4 is 9.47 Å². The molecule has 0 amide bonds. The number of likely N-dealkylation sites (tertiary alicyclic amines) is 1. The van der Waals surface area contributed by atoms with Crippen molar-refractivity contribution in [2.24, 2.45) is 23.7 Å². The Kier molecular flexibility index (Phi) is 6.30. The molecule has 1 saturated heterocycles. The van der Waals surface area contributed by atoms with E-state index < -0.39 is 18.4 Å². The van der Waals surface area contributed by atoms with Crippen LogP contribution in [0, 0.1) is 23.7 Å². The van der Waals surface area contributed by atoms with Crippen LogP contribution in [0.2, 0.25) is 0 Å². The summed E-state index contributed by atoms with van der Waals surface area (Å²) >= 11 is 0. The van der Waals surface area contributed by atoms with Crippen molar-refractivity contribution in [3.8, 4) is 23.0 Å². The Balaban J connectivity index is 0.848. The number of phenolic OH excluding ortho intramolecular Hbond substituents is 2. The van der Waals surface area contributed by atoms with Gasteiger partial charge in [-0.2, -0.15) is 0 Å². The minimum Gasteiger partial charge on any atom is -0.504 e. The Bertz CT molecular complexity index is 1720. The highest BCUT2D eigenvalue weighted by atomic mass is 16.7. The molecule has 1 spiro atoms. The zero-order valence-electron chi connectivity index (χ0n) is 28.4. The molecule has 2 N–H and O–H groups in total. The Hall–Kier alpha value is -3.17. The van der Waals surface area contributed by atoms with Crippen molar-refractivity contribution in [3.63, 3.8) is 0 Å². The topological polar surface area (TPSA) is 101 Å². The number of piperidine rings is 1. The number of nitrogens with zero attached hydrogens (tertiary/aromatic N) is 2. The van der Waals surface area contributed by atoms with Crippen molar-refractivity contribution < 1.29 is 34.0 Å². The van der Waals surface area contributed by atoms with Gasteiger partial charge in [-0.1, -0.05) is 12.1 Å². The van der Waals surface area contributed by atoms with Crippen molar-refractivity contribution in [2.45, 2.75) is 118 Å². The summed E-state index contributed by atoms with van der Waals surface area (Å²) < 4.78 is 25.8. The number of carbonyl (C=O) groups is 1. The highest BCUT2D eigenvalue weighted by Crippen LogP contribution is 2.64. The first-order valence-corrected chi connectivity index (χ1v) is 19.2. The van der Waals surface area contributed by atoms with Gasteiger partial charge in [0.25, 0.3) is 0 Å². The molecule has 0 aromatic heterocycles. The van der Waals surface area contributed by atoms with Gasteiger partial charge in [0.2, 0.25) is 0 Å². The van der Waals surface area contributed by atoms with Crippen LogP contribution >= 0.6 is 0 Å². The normalized spacial score (nSPS) is 39.1. The van der Waals surface area contributed by atoms with Gasteiger partial charge >= 0.3 is 6.16 Å². The Morgan fingerprint density at radius 3 is 2.47 bits per heavy atom. The lowest BCUT2D eigenvalue weighted by atomic mass is 9.51. The number of rotatable bonds is 7. The third-order valence-electron chi connectivity index (χ3n) is 14.6. The summed E-state index contributed by atoms with van der Waals surface area (Å²) in [6, 6.07) is 8.57. The van der Waals surface area contributed by atoms with E-state index in [2.05, 4.69) is 29.0 Å². The molecule has 9 aliphatic rings. The average molecular weight is 669 g/mol. The van der Waals surface area contributed by atoms with Crippen LogP contribution in [0.3, 0.4) is 0 Å². The van der Waals surface area contributed by atoms with E-state index in [4.69, 9.17) is 18.9 Å². The summed E-state index contributed by atoms with van der Waals surface area (Å²) in [5, 5.41) is 21.9. The molecule has 5 fully saturated rings. The minimum absolute atomic E-state index is 0.0763. The number of hydrogen-bond acceptors (Lipinski definition) is 9. The molecule has 11 rings (SSSR count). The second-order valence-corrected chi connectivity index (χ2v) is 17.2. The molecule has 4 saturated carbocycles. The number of hydrogen-bond donors (Lipinski definition) is 2. The summed E-state index contributed by atoms with van der Waals surface area (Å²) in [7, 11) is 2.27. The van der Waals surface area contributed by atoms with E-state index in [-0.39, 0.29) is 35.0 Å². The van der Waals surface area contributed by atoms with Gasteiger partial charge in [-0.25, -0.2) is 4.79 Å². The van der Waals surface area contributed by atoms with Gasteiger partial charge < -0.3 is 34.1 Å². The van der Waals surface area contributed by atoms with Crippen LogP contribution in [0.5, 0.6) is 23.0 Å². The standard InChI is InChI=1S/C40H48N2O7/c1-41(18-20-2-3-20)26-16-22-6-10-28(43)35-32(22)33-24(26)8-12-30(37(33)48-35)46-39(45)47-31-13-9-25-27-17-23-7-11-29(44)36-34(23)40(25,38(31)49-36)14-15-42(27)19-21-4-5-21/h6-7,10-11,20-21,24-27,30-31,33,37-38,43-44H,2-5,8-9,12-19H2,1H3/t24-,25-,26+,27?,30-,31-,33?,37-,38-,40-/m0/s1. The van der Waals surface area contributed by atoms with Gasteiger partial charge in [0, 0.05) is 47.6 Å². The summed E-state index contributed by atoms with van der Waals surface area (Å²) in [6.45, 7) is 3.32. The van der Waals surface area contributed by atoms with Crippen LogP contribution in [0.15, 0.2) is 24.3 Å². The zero-order chi connectivity index (χ0) is 32.8. The Labute approximate surface area is 287 Å². The molecule has 49 heavy (non-hydrogen) atoms. The first-order valence-electron chi connectivity index (χ1n) is 19.2. The lowest BCUT2D eigenvalue weighted by Crippen LogP contribution is -2.67. The first kappa shape index (κ1) is 29.5. The van der Waals surface area contributed by atoms with Crippen LogP contribution in [-0.2, 0) is 27.7 Å². The van der Waals surface area contributed by atoms with E-state index in [0.29, 0.717) is 41.8 Å². The lowest BCUT2D eigenvalue weighted by molar-refractivity contribution is -0.126. The van der Waals surface area contributed by atoms with E-state index >= 15 is 0 Å². The molecule has 9 nitrogen and oxygen atoms in total. The number of carbonyl (C=O) groups excluding carboxylic acids is 1. The Morgan fingerprint density at radius 2 is 1.65 bits per heavy atom. The van der Waals surface area contributed by atoms with Gasteiger partial charge in [-0.15, -0.1) is 0 Å². The number of likely N-dealkylation sites (N-methyl/N-ethyl adjacent to an activating group) is 1. The van der Waals surface area contributed by atoms with Crippen LogP contribution in [0.4, 0.5) is 4.79 Å². The third-order valence-corrected chi connectivity index (χ3v) is 14.6. The summed E-state index contributed by atoms with van der Waals surface area (Å²) in [5.74, 6) is 4.06. The quantitative estimate of drug-likeness (QED) is 0.362. The van der Waals surface area contributed by atoms with Crippen LogP contribution in [0.25, 0.3) is 0 Å². The predicted octanol–water partition coefficient (Wildman–Crippen LogP) is 5.66. The fraction of sp³-hybridized carbons (Fsp3) is 0.675. The van der Waals surface area contributed by atoms with E-state index in [0.717, 1.165) is 69.0 Å². The molecule has 2 aromatic carbocycles. The molecule has 6 aliphatic carbocycles. The number of ether oxygens (including phenoxy) is 4. The summed E-state index contributed by atoms with van der Waals surface area (Å²) in [4.78, 5) is 19.1. The highest BCUT2D eigenvalue weighted by Gasteiger charge is 2.67. The van der Waals surface area contributed by atoms with Crippen LogP contribution in [0.1, 0.15) is 86.0 Å². The minimum atomic E-state index is -0.659. The molecule has 3 aliphatic heterocycles. The van der Waals surface area contributed by atoms with Crippen molar-refractivity contribution in [2.75, 3.05) is 26.7 Å². The molecule has 3 heterocycles. The van der Waals surface area contributed by atoms with E-state index in [9.17, 15) is 15.0 Å². The van der Waals surface area contributed by atoms with Gasteiger partial charge in [0.1, 0.15) is 24.4 Å². The van der Waals surface area contributed by atoms with Crippen molar-refractivity contribution in [3.05, 3.63) is 46.5 Å². The van der Waals surface area contributed by atoms with E-state index in [1.807, 2.05) is 0 Å². The predicted molar refractivity (Wildman–Crippen MR) is 179 cm³/mol. The Morgan fingerprint density at radius 1 is 0.898 bits per heavy atom. The number of phenols is 2. The first-order chi connectivity index (χ1) is 23.9. The largest absolute Gasteiger partial charge is 0.509 e. The molecule has 10 atom stereocenters. The van der Waals surface area contributed by atoms with E-state index in [1.54, 1.807) is 12.1 Å². The molecular formula is C40H48N2O7. The lowest BCUT2D eigenvalue weighted by Gasteiger charge is -2.59. The van der Waals surface area contributed by atoms with Crippen LogP contribution in [-0.4, -0.2) is 89.3 Å². The molecule has 9 heteroatoms. The maximum atomic E-state index is 13.8. The van der Waals surface area contributed by atoms with Gasteiger partial charge in [-0.3, -0.25) is 4.90 Å². The smallest absolute Gasteiger partial charge is 0.504 e. The van der Waals surface area contributed by atoms with Crippen molar-refractivity contribution >= 4 is 6.16 Å². The molecule has 0 radical (unpaired) electrons. The molecule has 260 valence electrons. The number of benzene rings is 2. The van der Waals surface area contributed by atoms with E-state index in [1.165, 1.54) is 48.9 Å². The molecular weight excluding hydrogens is 620 g/mol. The fourth-order valence-corrected chi connectivity index (χ4v) is 12.2. The number of aromatic hydroxyl groups is 2. The second-order valence-electron chi connectivity index (χ2n) is 17.2. The maximum Gasteiger partial charge on any atom is 0.509 e. The SMILES string of the molecule is CN(CC1CC1)[C@@H]1Cc2ccc(O)c3c2C2[C@H]1CC[C@H](OC(=O)O[C@H]1CC[C@H]4C5Cc6ccc(O)c7c6[C@@]4(CCN5CC4CC4)[C@H]1O7)[C@@H]2O3. The van der Waals surface area contributed by atoms with Crippen molar-refractivity contribution in [1.29, 1.82) is 0 Å². The summed E-state index contributed by atoms with van der Waals surface area (Å²) in [6.07, 6.45) is 9.31. The van der Waals surface area contributed by atoms with Crippen molar-refractivity contribution in [1.82, 2.24) is 9.80 Å². The zero-order valence-corrected chi connectivity index (χ0v) is 28.4. The third kappa shape index (κ3) is 4.27.